The highest BCUT2D eigenvalue weighted by Gasteiger charge is 2.17. The Balaban J connectivity index is 1.28. The standard InChI is InChI=1S/C27H26N4O2/c32-26(29-18-20-13-14-25(28-17-20)31-15-7-2-8-16-31)22-11-5-6-12-23(22)27-30-19-24(33-27)21-9-3-1-4-10-21/h1,3-6,9-14,17,19H,2,7-8,15-16,18H2,(H,29,32). The summed E-state index contributed by atoms with van der Waals surface area (Å²) >= 11 is 0. The normalized spacial score (nSPS) is 13.6. The lowest BCUT2D eigenvalue weighted by atomic mass is 10.1. The molecule has 166 valence electrons. The van der Waals surface area contributed by atoms with Gasteiger partial charge in [-0.25, -0.2) is 9.97 Å². The molecule has 1 aliphatic heterocycles. The molecule has 1 saturated heterocycles. The molecule has 0 atom stereocenters. The van der Waals surface area contributed by atoms with Gasteiger partial charge in [-0.05, 0) is 43.0 Å². The minimum absolute atomic E-state index is 0.176. The van der Waals surface area contributed by atoms with Crippen molar-refractivity contribution in [3.8, 4) is 22.8 Å². The smallest absolute Gasteiger partial charge is 0.252 e. The number of aromatic nitrogens is 2. The molecule has 0 unspecified atom stereocenters. The van der Waals surface area contributed by atoms with E-state index in [1.807, 2.05) is 66.9 Å². The fourth-order valence-corrected chi connectivity index (χ4v) is 4.11. The summed E-state index contributed by atoms with van der Waals surface area (Å²) in [7, 11) is 0. The lowest BCUT2D eigenvalue weighted by Crippen LogP contribution is -2.30. The summed E-state index contributed by atoms with van der Waals surface area (Å²) in [6.07, 6.45) is 7.26. The number of rotatable bonds is 6. The second kappa shape index (κ2) is 9.69. The van der Waals surface area contributed by atoms with Crippen molar-refractivity contribution in [3.05, 3.63) is 90.3 Å². The lowest BCUT2D eigenvalue weighted by molar-refractivity contribution is 0.0951. The quantitative estimate of drug-likeness (QED) is 0.441. The van der Waals surface area contributed by atoms with Crippen LogP contribution < -0.4 is 10.2 Å². The maximum absolute atomic E-state index is 13.0. The average molecular weight is 439 g/mol. The summed E-state index contributed by atoms with van der Waals surface area (Å²) in [5.41, 5.74) is 3.09. The van der Waals surface area contributed by atoms with Gasteiger partial charge in [0, 0.05) is 37.0 Å². The van der Waals surface area contributed by atoms with E-state index in [9.17, 15) is 4.79 Å². The number of pyridine rings is 1. The topological polar surface area (TPSA) is 71.3 Å². The van der Waals surface area contributed by atoms with Crippen LogP contribution in [-0.2, 0) is 6.54 Å². The van der Waals surface area contributed by atoms with Crippen molar-refractivity contribution in [3.63, 3.8) is 0 Å². The molecule has 2 aromatic heterocycles. The van der Waals surface area contributed by atoms with Gasteiger partial charge in [-0.3, -0.25) is 4.79 Å². The Morgan fingerprint density at radius 2 is 1.67 bits per heavy atom. The van der Waals surface area contributed by atoms with Gasteiger partial charge in [0.15, 0.2) is 5.76 Å². The Hall–Kier alpha value is -3.93. The monoisotopic (exact) mass is 438 g/mol. The van der Waals surface area contributed by atoms with Gasteiger partial charge < -0.3 is 14.6 Å². The first kappa shape index (κ1) is 20.9. The highest BCUT2D eigenvalue weighted by Crippen LogP contribution is 2.28. The zero-order valence-electron chi connectivity index (χ0n) is 18.4. The Morgan fingerprint density at radius 3 is 2.45 bits per heavy atom. The Morgan fingerprint density at radius 1 is 0.879 bits per heavy atom. The van der Waals surface area contributed by atoms with Crippen LogP contribution >= 0.6 is 0 Å². The van der Waals surface area contributed by atoms with Gasteiger partial charge in [0.1, 0.15) is 5.82 Å². The third-order valence-electron chi connectivity index (χ3n) is 5.91. The van der Waals surface area contributed by atoms with Crippen LogP contribution in [0.5, 0.6) is 0 Å². The van der Waals surface area contributed by atoms with Crippen LogP contribution in [0.2, 0.25) is 0 Å². The van der Waals surface area contributed by atoms with Crippen molar-refractivity contribution in [1.82, 2.24) is 15.3 Å². The number of piperidine rings is 1. The number of amides is 1. The van der Waals surface area contributed by atoms with E-state index in [1.165, 1.54) is 19.3 Å². The molecule has 6 nitrogen and oxygen atoms in total. The number of carbonyl (C=O) groups excluding carboxylic acids is 1. The SMILES string of the molecule is O=C(NCc1ccc(N2CCCCC2)nc1)c1ccccc1-c1ncc(-c2ccccc2)o1. The summed E-state index contributed by atoms with van der Waals surface area (Å²) in [5.74, 6) is 1.92. The van der Waals surface area contributed by atoms with Crippen molar-refractivity contribution in [1.29, 1.82) is 0 Å². The van der Waals surface area contributed by atoms with Crippen molar-refractivity contribution >= 4 is 11.7 Å². The van der Waals surface area contributed by atoms with Gasteiger partial charge >= 0.3 is 0 Å². The number of anilines is 1. The predicted molar refractivity (Wildman–Crippen MR) is 129 cm³/mol. The van der Waals surface area contributed by atoms with E-state index < -0.39 is 0 Å². The molecule has 6 heteroatoms. The minimum atomic E-state index is -0.176. The van der Waals surface area contributed by atoms with E-state index in [4.69, 9.17) is 4.42 Å². The molecule has 0 saturated carbocycles. The van der Waals surface area contributed by atoms with Crippen LogP contribution in [-0.4, -0.2) is 29.0 Å². The highest BCUT2D eigenvalue weighted by molar-refractivity contribution is 6.00. The van der Waals surface area contributed by atoms with Crippen molar-refractivity contribution < 1.29 is 9.21 Å². The number of nitrogens with zero attached hydrogens (tertiary/aromatic N) is 3. The molecule has 2 aromatic carbocycles. The second-order valence-corrected chi connectivity index (χ2v) is 8.20. The summed E-state index contributed by atoms with van der Waals surface area (Å²) in [6, 6.07) is 21.2. The molecule has 0 spiro atoms. The molecule has 0 bridgehead atoms. The number of hydrogen-bond donors (Lipinski definition) is 1. The summed E-state index contributed by atoms with van der Waals surface area (Å²) < 4.78 is 5.97. The number of benzene rings is 2. The summed E-state index contributed by atoms with van der Waals surface area (Å²) in [5, 5.41) is 3.00. The Bertz CT molecular complexity index is 1210. The third-order valence-corrected chi connectivity index (χ3v) is 5.91. The van der Waals surface area contributed by atoms with Crippen LogP contribution in [0.25, 0.3) is 22.8 Å². The molecule has 0 aliphatic carbocycles. The van der Waals surface area contributed by atoms with Crippen LogP contribution in [0.3, 0.4) is 0 Å². The number of hydrogen-bond acceptors (Lipinski definition) is 5. The van der Waals surface area contributed by atoms with E-state index in [0.717, 1.165) is 30.0 Å². The molecule has 1 amide bonds. The van der Waals surface area contributed by atoms with E-state index in [-0.39, 0.29) is 5.91 Å². The maximum atomic E-state index is 13.0. The Labute approximate surface area is 193 Å². The van der Waals surface area contributed by atoms with Gasteiger partial charge in [-0.15, -0.1) is 0 Å². The molecule has 5 rings (SSSR count). The minimum Gasteiger partial charge on any atom is -0.436 e. The predicted octanol–water partition coefficient (Wildman–Crippen LogP) is 5.32. The lowest BCUT2D eigenvalue weighted by Gasteiger charge is -2.27. The molecular formula is C27H26N4O2. The molecule has 0 radical (unpaired) electrons. The van der Waals surface area contributed by atoms with Gasteiger partial charge in [0.05, 0.1) is 11.8 Å². The van der Waals surface area contributed by atoms with E-state index in [0.29, 0.717) is 29.3 Å². The number of nitrogens with one attached hydrogen (secondary N) is 1. The van der Waals surface area contributed by atoms with Crippen LogP contribution in [0.1, 0.15) is 35.2 Å². The van der Waals surface area contributed by atoms with Crippen LogP contribution in [0.15, 0.2) is 83.5 Å². The summed E-state index contributed by atoms with van der Waals surface area (Å²) in [6.45, 7) is 2.53. The molecule has 1 aliphatic rings. The van der Waals surface area contributed by atoms with E-state index in [2.05, 4.69) is 20.2 Å². The van der Waals surface area contributed by atoms with Gasteiger partial charge in [0.25, 0.3) is 5.91 Å². The summed E-state index contributed by atoms with van der Waals surface area (Å²) in [4.78, 5) is 24.3. The first-order valence-corrected chi connectivity index (χ1v) is 11.4. The maximum Gasteiger partial charge on any atom is 0.252 e. The van der Waals surface area contributed by atoms with E-state index in [1.54, 1.807) is 12.3 Å². The molecule has 1 N–H and O–H groups in total. The number of oxazole rings is 1. The van der Waals surface area contributed by atoms with Crippen molar-refractivity contribution in [2.24, 2.45) is 0 Å². The van der Waals surface area contributed by atoms with Crippen LogP contribution in [0.4, 0.5) is 5.82 Å². The average Bonchev–Trinajstić information content (AvgIpc) is 3.39. The second-order valence-electron chi connectivity index (χ2n) is 8.20. The first-order valence-electron chi connectivity index (χ1n) is 11.4. The molecular weight excluding hydrogens is 412 g/mol. The first-order chi connectivity index (χ1) is 16.3. The molecule has 3 heterocycles. The van der Waals surface area contributed by atoms with Gasteiger partial charge in [-0.1, -0.05) is 48.5 Å². The highest BCUT2D eigenvalue weighted by atomic mass is 16.4. The van der Waals surface area contributed by atoms with Gasteiger partial charge in [-0.2, -0.15) is 0 Å². The molecule has 1 fully saturated rings. The third kappa shape index (κ3) is 4.80. The van der Waals surface area contributed by atoms with E-state index >= 15 is 0 Å². The van der Waals surface area contributed by atoms with Crippen molar-refractivity contribution in [2.75, 3.05) is 18.0 Å². The largest absolute Gasteiger partial charge is 0.436 e. The fourth-order valence-electron chi connectivity index (χ4n) is 4.11. The zero-order chi connectivity index (χ0) is 22.5. The van der Waals surface area contributed by atoms with Crippen molar-refractivity contribution in [2.45, 2.75) is 25.8 Å². The van der Waals surface area contributed by atoms with Crippen LogP contribution in [0, 0.1) is 0 Å². The molecule has 4 aromatic rings. The number of carbonyl (C=O) groups is 1. The molecule has 33 heavy (non-hydrogen) atoms. The van der Waals surface area contributed by atoms with Gasteiger partial charge in [0.2, 0.25) is 5.89 Å². The zero-order valence-corrected chi connectivity index (χ0v) is 18.4. The fraction of sp³-hybridized carbons (Fsp3) is 0.222. The Kier molecular flexibility index (Phi) is 6.15.